The molecule has 0 aliphatic carbocycles. The fraction of sp³-hybridized carbons (Fsp3) is 0.200. The number of rotatable bonds is 2. The summed E-state index contributed by atoms with van der Waals surface area (Å²) in [4.78, 5) is 0. The first-order chi connectivity index (χ1) is 6.77. The first kappa shape index (κ1) is 9.93. The third-order valence-corrected chi connectivity index (χ3v) is 3.63. The minimum absolute atomic E-state index is 0.298. The molecular weight excluding hydrogens is 267 g/mol. The number of alkyl halides is 1. The average Bonchev–Trinajstić information content (AvgIpc) is 2.62. The van der Waals surface area contributed by atoms with Crippen molar-refractivity contribution in [3.05, 3.63) is 28.9 Å². The summed E-state index contributed by atoms with van der Waals surface area (Å²) in [7, 11) is 1.49. The highest BCUT2D eigenvalue weighted by molar-refractivity contribution is 9.08. The van der Waals surface area contributed by atoms with Gasteiger partial charge in [-0.2, -0.15) is 0 Å². The third kappa shape index (κ3) is 1.42. The van der Waals surface area contributed by atoms with Gasteiger partial charge in [-0.05, 0) is 22.9 Å². The van der Waals surface area contributed by atoms with Gasteiger partial charge in [-0.3, -0.25) is 0 Å². The summed E-state index contributed by atoms with van der Waals surface area (Å²) in [6, 6.07) is 3.42. The Morgan fingerprint density at radius 3 is 3.00 bits per heavy atom. The maximum absolute atomic E-state index is 13.5. The highest BCUT2D eigenvalue weighted by Crippen LogP contribution is 2.35. The Kier molecular flexibility index (Phi) is 2.74. The lowest BCUT2D eigenvalue weighted by molar-refractivity contribution is 0.384. The SMILES string of the molecule is COc1c(F)cc2ccsc2c1CBr. The van der Waals surface area contributed by atoms with E-state index in [-0.39, 0.29) is 5.82 Å². The molecule has 1 aromatic heterocycles. The van der Waals surface area contributed by atoms with Crippen LogP contribution in [-0.4, -0.2) is 7.11 Å². The minimum Gasteiger partial charge on any atom is -0.493 e. The highest BCUT2D eigenvalue weighted by Gasteiger charge is 2.13. The Bertz CT molecular complexity index is 466. The number of benzene rings is 1. The quantitative estimate of drug-likeness (QED) is 0.754. The van der Waals surface area contributed by atoms with Crippen molar-refractivity contribution in [3.63, 3.8) is 0 Å². The molecule has 0 radical (unpaired) electrons. The predicted octanol–water partition coefficient (Wildman–Crippen LogP) is 3.94. The van der Waals surface area contributed by atoms with Gasteiger partial charge < -0.3 is 4.74 Å². The van der Waals surface area contributed by atoms with Crippen LogP contribution in [0.3, 0.4) is 0 Å². The molecule has 0 N–H and O–H groups in total. The van der Waals surface area contributed by atoms with Crippen LogP contribution in [0.1, 0.15) is 5.56 Å². The third-order valence-electron chi connectivity index (χ3n) is 2.08. The summed E-state index contributed by atoms with van der Waals surface area (Å²) in [5, 5.41) is 3.49. The number of thiophene rings is 1. The lowest BCUT2D eigenvalue weighted by atomic mass is 10.1. The number of ether oxygens (including phenoxy) is 1. The van der Waals surface area contributed by atoms with Crippen molar-refractivity contribution < 1.29 is 9.13 Å². The Morgan fingerprint density at radius 2 is 2.36 bits per heavy atom. The molecule has 4 heteroatoms. The Morgan fingerprint density at radius 1 is 1.57 bits per heavy atom. The molecule has 2 rings (SSSR count). The normalized spacial score (nSPS) is 10.8. The molecular formula is C10H8BrFOS. The van der Waals surface area contributed by atoms with Crippen LogP contribution in [0.15, 0.2) is 17.5 Å². The fourth-order valence-electron chi connectivity index (χ4n) is 1.47. The Labute approximate surface area is 93.6 Å². The first-order valence-corrected chi connectivity index (χ1v) is 6.06. The molecule has 0 aliphatic rings. The van der Waals surface area contributed by atoms with E-state index in [4.69, 9.17) is 4.74 Å². The maximum Gasteiger partial charge on any atom is 0.166 e. The van der Waals surface area contributed by atoms with E-state index < -0.39 is 0 Å². The predicted molar refractivity (Wildman–Crippen MR) is 61.0 cm³/mol. The van der Waals surface area contributed by atoms with Crippen molar-refractivity contribution in [1.82, 2.24) is 0 Å². The summed E-state index contributed by atoms with van der Waals surface area (Å²) >= 11 is 4.95. The van der Waals surface area contributed by atoms with Crippen molar-refractivity contribution in [1.29, 1.82) is 0 Å². The lowest BCUT2D eigenvalue weighted by Gasteiger charge is -2.08. The number of methoxy groups -OCH3 is 1. The molecule has 0 bridgehead atoms. The van der Waals surface area contributed by atoms with Crippen LogP contribution in [0.4, 0.5) is 4.39 Å². The van der Waals surface area contributed by atoms with E-state index in [0.717, 1.165) is 15.6 Å². The van der Waals surface area contributed by atoms with Gasteiger partial charge in [0.2, 0.25) is 0 Å². The minimum atomic E-state index is -0.298. The van der Waals surface area contributed by atoms with Crippen molar-refractivity contribution in [2.45, 2.75) is 5.33 Å². The summed E-state index contributed by atoms with van der Waals surface area (Å²) in [5.41, 5.74) is 0.887. The number of hydrogen-bond acceptors (Lipinski definition) is 2. The van der Waals surface area contributed by atoms with E-state index in [1.54, 1.807) is 11.3 Å². The van der Waals surface area contributed by atoms with Crippen LogP contribution < -0.4 is 4.74 Å². The molecule has 74 valence electrons. The molecule has 0 saturated heterocycles. The second-order valence-corrected chi connectivity index (χ2v) is 4.32. The second kappa shape index (κ2) is 3.87. The summed E-state index contributed by atoms with van der Waals surface area (Å²) in [6.45, 7) is 0. The van der Waals surface area contributed by atoms with E-state index in [0.29, 0.717) is 11.1 Å². The number of fused-ring (bicyclic) bond motifs is 1. The Balaban J connectivity index is 2.82. The van der Waals surface area contributed by atoms with Crippen molar-refractivity contribution >= 4 is 37.4 Å². The van der Waals surface area contributed by atoms with Gasteiger partial charge in [0.25, 0.3) is 0 Å². The van der Waals surface area contributed by atoms with Gasteiger partial charge in [0, 0.05) is 15.6 Å². The molecule has 14 heavy (non-hydrogen) atoms. The van der Waals surface area contributed by atoms with Crippen molar-refractivity contribution in [3.8, 4) is 5.75 Å². The molecule has 1 heterocycles. The molecule has 0 atom stereocenters. The summed E-state index contributed by atoms with van der Waals surface area (Å²) in [5.74, 6) is 0.0460. The van der Waals surface area contributed by atoms with Crippen LogP contribution in [0.2, 0.25) is 0 Å². The zero-order chi connectivity index (χ0) is 10.1. The van der Waals surface area contributed by atoms with Gasteiger partial charge in [-0.25, -0.2) is 4.39 Å². The smallest absolute Gasteiger partial charge is 0.166 e. The van der Waals surface area contributed by atoms with Crippen molar-refractivity contribution in [2.75, 3.05) is 7.11 Å². The van der Waals surface area contributed by atoms with Crippen LogP contribution in [0, 0.1) is 5.82 Å². The first-order valence-electron chi connectivity index (χ1n) is 4.06. The van der Waals surface area contributed by atoms with Crippen LogP contribution in [0.5, 0.6) is 5.75 Å². The monoisotopic (exact) mass is 274 g/mol. The largest absolute Gasteiger partial charge is 0.493 e. The zero-order valence-corrected chi connectivity index (χ0v) is 9.91. The average molecular weight is 275 g/mol. The molecule has 0 saturated carbocycles. The van der Waals surface area contributed by atoms with Crippen LogP contribution in [0.25, 0.3) is 10.1 Å². The topological polar surface area (TPSA) is 9.23 Å². The number of halogens is 2. The fourth-order valence-corrected chi connectivity index (χ4v) is 3.11. The van der Waals surface area contributed by atoms with Gasteiger partial charge in [0.1, 0.15) is 0 Å². The van der Waals surface area contributed by atoms with Gasteiger partial charge in [0.15, 0.2) is 11.6 Å². The van der Waals surface area contributed by atoms with E-state index in [1.807, 2.05) is 11.4 Å². The molecule has 1 aromatic carbocycles. The lowest BCUT2D eigenvalue weighted by Crippen LogP contribution is -1.93. The molecule has 1 nitrogen and oxygen atoms in total. The van der Waals surface area contributed by atoms with Gasteiger partial charge >= 0.3 is 0 Å². The number of hydrogen-bond donors (Lipinski definition) is 0. The second-order valence-electron chi connectivity index (χ2n) is 2.84. The molecule has 0 aliphatic heterocycles. The standard InChI is InChI=1S/C10H8BrFOS/c1-13-9-7(5-11)10-6(2-3-14-10)4-8(9)12/h2-4H,5H2,1H3. The molecule has 0 spiro atoms. The summed E-state index contributed by atoms with van der Waals surface area (Å²) in [6.07, 6.45) is 0. The summed E-state index contributed by atoms with van der Waals surface area (Å²) < 4.78 is 19.6. The van der Waals surface area contributed by atoms with Crippen LogP contribution >= 0.6 is 27.3 Å². The van der Waals surface area contributed by atoms with E-state index in [9.17, 15) is 4.39 Å². The maximum atomic E-state index is 13.5. The van der Waals surface area contributed by atoms with Gasteiger partial charge in [-0.15, -0.1) is 11.3 Å². The van der Waals surface area contributed by atoms with Gasteiger partial charge in [0.05, 0.1) is 7.11 Å². The van der Waals surface area contributed by atoms with Crippen LogP contribution in [-0.2, 0) is 5.33 Å². The molecule has 0 amide bonds. The molecule has 0 unspecified atom stereocenters. The molecule has 0 fully saturated rings. The van der Waals surface area contributed by atoms with Crippen molar-refractivity contribution in [2.24, 2.45) is 0 Å². The van der Waals surface area contributed by atoms with Gasteiger partial charge in [-0.1, -0.05) is 15.9 Å². The Hall–Kier alpha value is -0.610. The zero-order valence-electron chi connectivity index (χ0n) is 7.51. The van der Waals surface area contributed by atoms with E-state index in [2.05, 4.69) is 15.9 Å². The highest BCUT2D eigenvalue weighted by atomic mass is 79.9. The molecule has 2 aromatic rings. The van der Waals surface area contributed by atoms with E-state index >= 15 is 0 Å². The van der Waals surface area contributed by atoms with E-state index in [1.165, 1.54) is 13.2 Å².